The molecule has 4 N–H and O–H groups in total. The second kappa shape index (κ2) is 9.15. The molecule has 1 aromatic heterocycles. The van der Waals surface area contributed by atoms with E-state index < -0.39 is 31.5 Å². The zero-order valence-corrected chi connectivity index (χ0v) is 23.3. The van der Waals surface area contributed by atoms with E-state index in [1.807, 2.05) is 38.2 Å². The minimum Gasteiger partial charge on any atom is -0.432 e. The Kier molecular flexibility index (Phi) is 6.10. The highest BCUT2D eigenvalue weighted by atomic mass is 28.4. The van der Waals surface area contributed by atoms with Crippen molar-refractivity contribution in [3.63, 3.8) is 0 Å². The first-order valence-corrected chi connectivity index (χ1v) is 16.6. The second-order valence-corrected chi connectivity index (χ2v) is 15.6. The summed E-state index contributed by atoms with van der Waals surface area (Å²) in [4.78, 5) is 53.2. The number of H-pyrrole nitrogens is 1. The topological polar surface area (TPSA) is 137 Å². The number of carbonyl (C=O) groups is 2. The molecule has 0 bridgehead atoms. The van der Waals surface area contributed by atoms with Crippen LogP contribution in [0, 0.1) is 5.92 Å². The molecule has 2 amide bonds. The second-order valence-electron chi connectivity index (χ2n) is 11.6. The van der Waals surface area contributed by atoms with Gasteiger partial charge in [-0.25, -0.2) is 4.68 Å². The summed E-state index contributed by atoms with van der Waals surface area (Å²) >= 11 is 0. The van der Waals surface area contributed by atoms with E-state index in [1.54, 1.807) is 29.2 Å². The molecule has 3 aromatic rings. The number of nitrogens with zero attached hydrogens (tertiary/aromatic N) is 2. The Hall–Kier alpha value is -3.25. The minimum atomic E-state index is -2.92. The van der Waals surface area contributed by atoms with Crippen LogP contribution in [0.15, 0.2) is 47.3 Å². The maximum absolute atomic E-state index is 13.7. The number of benzene rings is 2. The molecule has 1 spiro atoms. The van der Waals surface area contributed by atoms with Gasteiger partial charge in [-0.15, -0.1) is 0 Å². The van der Waals surface area contributed by atoms with Crippen LogP contribution in [0.3, 0.4) is 0 Å². The Bertz CT molecular complexity index is 1530. The van der Waals surface area contributed by atoms with Crippen LogP contribution in [0.25, 0.3) is 16.6 Å². The number of nitrogens with one attached hydrogen (secondary N) is 2. The van der Waals surface area contributed by atoms with Gasteiger partial charge < -0.3 is 24.9 Å². The lowest BCUT2D eigenvalue weighted by atomic mass is 9.82. The van der Waals surface area contributed by atoms with E-state index in [-0.39, 0.29) is 36.4 Å². The number of amides is 2. The zero-order chi connectivity index (χ0) is 27.7. The molecule has 206 valence electrons. The molecule has 2 saturated heterocycles. The Morgan fingerprint density at radius 3 is 2.69 bits per heavy atom. The molecule has 39 heavy (non-hydrogen) atoms. The van der Waals surface area contributed by atoms with Gasteiger partial charge in [0.25, 0.3) is 11.5 Å². The van der Waals surface area contributed by atoms with Crippen LogP contribution in [0.5, 0.6) is 0 Å². The van der Waals surface area contributed by atoms with Gasteiger partial charge in [-0.1, -0.05) is 19.1 Å². The molecule has 10 nitrogen and oxygen atoms in total. The van der Waals surface area contributed by atoms with E-state index in [0.717, 1.165) is 12.8 Å². The number of carbonyl (C=O) groups excluding carboxylic acids is 2. The largest absolute Gasteiger partial charge is 0.432 e. The minimum absolute atomic E-state index is 0.0219. The summed E-state index contributed by atoms with van der Waals surface area (Å²) < 4.78 is 8.09. The third-order valence-corrected chi connectivity index (χ3v) is 11.4. The number of hydrogen-bond acceptors (Lipinski definition) is 6. The summed E-state index contributed by atoms with van der Waals surface area (Å²) in [5.74, 6) is -0.898. The van der Waals surface area contributed by atoms with E-state index in [9.17, 15) is 24.3 Å². The third-order valence-electron chi connectivity index (χ3n) is 8.86. The summed E-state index contributed by atoms with van der Waals surface area (Å²) in [6.07, 6.45) is 0.936. The van der Waals surface area contributed by atoms with Gasteiger partial charge in [-0.05, 0) is 56.3 Å². The van der Waals surface area contributed by atoms with Crippen LogP contribution in [0.2, 0.25) is 18.6 Å². The van der Waals surface area contributed by atoms with Crippen molar-refractivity contribution in [1.82, 2.24) is 14.7 Å². The quantitative estimate of drug-likeness (QED) is 0.360. The van der Waals surface area contributed by atoms with Crippen molar-refractivity contribution in [2.45, 2.75) is 62.6 Å². The van der Waals surface area contributed by atoms with Gasteiger partial charge in [0.15, 0.2) is 13.9 Å². The average Bonchev–Trinajstić information content (AvgIpc) is 3.64. The highest BCUT2D eigenvalue weighted by molar-refractivity contribution is 6.71. The normalized spacial score (nSPS) is 28.4. The molecular formula is C28H34N4O6Si. The molecule has 2 aromatic carbocycles. The monoisotopic (exact) mass is 550 g/mol. The number of para-hydroxylation sites is 1. The first-order valence-electron chi connectivity index (χ1n) is 13.5. The van der Waals surface area contributed by atoms with Crippen LogP contribution in [-0.2, 0) is 19.9 Å². The Morgan fingerprint density at radius 2 is 1.97 bits per heavy atom. The summed E-state index contributed by atoms with van der Waals surface area (Å²) in [6, 6.07) is 12.3. The van der Waals surface area contributed by atoms with Gasteiger partial charge in [-0.2, -0.15) is 0 Å². The van der Waals surface area contributed by atoms with E-state index in [0.29, 0.717) is 34.4 Å². The highest BCUT2D eigenvalue weighted by Gasteiger charge is 2.65. The van der Waals surface area contributed by atoms with Crippen LogP contribution in [-0.4, -0.2) is 70.0 Å². The van der Waals surface area contributed by atoms with E-state index in [4.69, 9.17) is 4.74 Å². The van der Waals surface area contributed by atoms with Crippen molar-refractivity contribution in [1.29, 1.82) is 0 Å². The molecule has 3 aliphatic heterocycles. The number of fused-ring (bicyclic) bond motifs is 3. The van der Waals surface area contributed by atoms with Gasteiger partial charge in [0.1, 0.15) is 0 Å². The van der Waals surface area contributed by atoms with Crippen molar-refractivity contribution in [2.24, 2.45) is 5.92 Å². The number of likely N-dealkylation sites (tertiary alicyclic amines) is 1. The van der Waals surface area contributed by atoms with Crippen LogP contribution in [0.4, 0.5) is 5.69 Å². The molecule has 2 fully saturated rings. The smallest absolute Gasteiger partial charge is 0.279 e. The molecule has 4 heterocycles. The number of aliphatic hydroxyl groups is 1. The maximum atomic E-state index is 13.7. The molecule has 0 aliphatic carbocycles. The lowest BCUT2D eigenvalue weighted by Crippen LogP contribution is -2.44. The average molecular weight is 551 g/mol. The molecule has 0 unspecified atom stereocenters. The number of rotatable bonds is 5. The number of anilines is 1. The van der Waals surface area contributed by atoms with Crippen LogP contribution >= 0.6 is 0 Å². The molecule has 5 atom stereocenters. The van der Waals surface area contributed by atoms with Gasteiger partial charge in [-0.3, -0.25) is 19.5 Å². The summed E-state index contributed by atoms with van der Waals surface area (Å²) in [7, 11) is -2.92. The van der Waals surface area contributed by atoms with Crippen LogP contribution in [0.1, 0.15) is 31.7 Å². The zero-order valence-electron chi connectivity index (χ0n) is 22.3. The van der Waals surface area contributed by atoms with Crippen molar-refractivity contribution in [3.05, 3.63) is 58.4 Å². The molecule has 0 radical (unpaired) electrons. The predicted octanol–water partition coefficient (Wildman–Crippen LogP) is 2.44. The predicted molar refractivity (Wildman–Crippen MR) is 148 cm³/mol. The Morgan fingerprint density at radius 1 is 1.21 bits per heavy atom. The summed E-state index contributed by atoms with van der Waals surface area (Å²) in [6.45, 7) is 6.02. The number of ether oxygens (including phenoxy) is 1. The SMILES string of the molecule is C[C@H]1[C@H]([Si](C)(C)O)[C@@H](CC(=O)N2CCC[C@H]2CO)O[C@]12C(=O)Nc1ccc(-n3[nH]c4ccccc4c3=O)cc12. The molecule has 11 heteroatoms. The van der Waals surface area contributed by atoms with Crippen LogP contribution < -0.4 is 10.9 Å². The molecular weight excluding hydrogens is 516 g/mol. The fraction of sp³-hybridized carbons (Fsp3) is 0.464. The van der Waals surface area contributed by atoms with Crippen molar-refractivity contribution in [2.75, 3.05) is 18.5 Å². The van der Waals surface area contributed by atoms with Gasteiger partial charge in [0, 0.05) is 29.3 Å². The highest BCUT2D eigenvalue weighted by Crippen LogP contribution is 2.58. The van der Waals surface area contributed by atoms with Gasteiger partial charge >= 0.3 is 0 Å². The number of aliphatic hydroxyl groups excluding tert-OH is 1. The lowest BCUT2D eigenvalue weighted by Gasteiger charge is -2.32. The van der Waals surface area contributed by atoms with E-state index >= 15 is 0 Å². The Balaban J connectivity index is 1.41. The fourth-order valence-electron chi connectivity index (χ4n) is 7.11. The summed E-state index contributed by atoms with van der Waals surface area (Å²) in [5, 5.41) is 16.4. The van der Waals surface area contributed by atoms with E-state index in [2.05, 4.69) is 10.4 Å². The van der Waals surface area contributed by atoms with Gasteiger partial charge in [0.05, 0.1) is 41.8 Å². The maximum Gasteiger partial charge on any atom is 0.279 e. The fourth-order valence-corrected chi connectivity index (χ4v) is 9.66. The number of aromatic nitrogens is 2. The van der Waals surface area contributed by atoms with Gasteiger partial charge in [0.2, 0.25) is 5.91 Å². The van der Waals surface area contributed by atoms with Crippen molar-refractivity contribution < 1.29 is 24.2 Å². The first-order chi connectivity index (χ1) is 18.6. The summed E-state index contributed by atoms with van der Waals surface area (Å²) in [5.41, 5.74) is 0.427. The molecule has 3 aliphatic rings. The Labute approximate surface area is 226 Å². The lowest BCUT2D eigenvalue weighted by molar-refractivity contribution is -0.148. The number of hydrogen-bond donors (Lipinski definition) is 4. The standard InChI is InChI=1S/C28H34N4O6Si/c1-16-25(39(2,3)37)23(14-24(34)31-12-6-7-18(31)15-33)38-28(16)20-13-17(10-11-22(20)29-27(28)36)32-26(35)19-8-4-5-9-21(19)30-32/h4-5,8-11,13,16,18,23,25,30,33,37H,6-7,12,14-15H2,1-3H3,(H,29,36)/t16-,18-,23+,25-,28+/m0/s1. The number of aromatic amines is 1. The first kappa shape index (κ1) is 26.0. The van der Waals surface area contributed by atoms with Crippen molar-refractivity contribution >= 4 is 36.7 Å². The van der Waals surface area contributed by atoms with Crippen molar-refractivity contribution in [3.8, 4) is 5.69 Å². The van der Waals surface area contributed by atoms with E-state index in [1.165, 1.54) is 4.68 Å². The third kappa shape index (κ3) is 3.90. The molecule has 0 saturated carbocycles. The molecule has 6 rings (SSSR count).